The van der Waals surface area contributed by atoms with Crippen molar-refractivity contribution in [3.63, 3.8) is 0 Å². The van der Waals surface area contributed by atoms with Crippen LogP contribution in [-0.2, 0) is 16.0 Å². The van der Waals surface area contributed by atoms with Gasteiger partial charge in [0.1, 0.15) is 6.29 Å². The van der Waals surface area contributed by atoms with E-state index in [1.807, 2.05) is 30.3 Å². The highest BCUT2D eigenvalue weighted by Gasteiger charge is 2.26. The molecule has 1 fully saturated rings. The molecule has 2 rings (SSSR count). The third-order valence-corrected chi connectivity index (χ3v) is 3.54. The normalized spacial score (nSPS) is 20.2. The van der Waals surface area contributed by atoms with Crippen molar-refractivity contribution in [3.05, 3.63) is 48.0 Å². The van der Waals surface area contributed by atoms with Crippen molar-refractivity contribution >= 4 is 12.2 Å². The van der Waals surface area contributed by atoms with Gasteiger partial charge in [0.25, 0.3) is 0 Å². The smallest absolute Gasteiger partial charge is 0.246 e. The molecule has 1 heterocycles. The van der Waals surface area contributed by atoms with E-state index in [2.05, 4.69) is 0 Å². The van der Waals surface area contributed by atoms with Gasteiger partial charge < -0.3 is 15.4 Å². The van der Waals surface area contributed by atoms with Crippen LogP contribution in [0.15, 0.2) is 42.5 Å². The zero-order valence-corrected chi connectivity index (χ0v) is 11.4. The SMILES string of the molecule is N[C@H](/C=C/C(=O)N1CCC[C@H]1C=O)Cc1ccccc1. The van der Waals surface area contributed by atoms with E-state index < -0.39 is 0 Å². The van der Waals surface area contributed by atoms with Gasteiger partial charge in [0, 0.05) is 18.7 Å². The minimum atomic E-state index is -0.266. The van der Waals surface area contributed by atoms with Crippen LogP contribution >= 0.6 is 0 Å². The summed E-state index contributed by atoms with van der Waals surface area (Å²) < 4.78 is 0. The molecule has 2 N–H and O–H groups in total. The molecule has 106 valence electrons. The van der Waals surface area contributed by atoms with Gasteiger partial charge in [0.15, 0.2) is 0 Å². The second kappa shape index (κ2) is 7.01. The Morgan fingerprint density at radius 3 is 2.85 bits per heavy atom. The summed E-state index contributed by atoms with van der Waals surface area (Å²) in [5.74, 6) is -0.122. The van der Waals surface area contributed by atoms with E-state index in [0.717, 1.165) is 24.7 Å². The Labute approximate surface area is 119 Å². The third-order valence-electron chi connectivity index (χ3n) is 3.54. The highest BCUT2D eigenvalue weighted by atomic mass is 16.2. The number of carbonyl (C=O) groups excluding carboxylic acids is 2. The summed E-state index contributed by atoms with van der Waals surface area (Å²) in [5.41, 5.74) is 7.14. The number of likely N-dealkylation sites (tertiary alicyclic amines) is 1. The number of carbonyl (C=O) groups is 2. The quantitative estimate of drug-likeness (QED) is 0.649. The molecule has 0 bridgehead atoms. The number of nitrogens with zero attached hydrogens (tertiary/aromatic N) is 1. The predicted molar refractivity (Wildman–Crippen MR) is 78.1 cm³/mol. The van der Waals surface area contributed by atoms with Gasteiger partial charge in [0.2, 0.25) is 5.91 Å². The van der Waals surface area contributed by atoms with Gasteiger partial charge in [-0.25, -0.2) is 0 Å². The van der Waals surface area contributed by atoms with Crippen LogP contribution in [0.1, 0.15) is 18.4 Å². The Morgan fingerprint density at radius 2 is 2.15 bits per heavy atom. The zero-order chi connectivity index (χ0) is 14.4. The molecular formula is C16H20N2O2. The molecule has 1 amide bonds. The predicted octanol–water partition coefficient (Wildman–Crippen LogP) is 1.30. The topological polar surface area (TPSA) is 63.4 Å². The molecule has 20 heavy (non-hydrogen) atoms. The van der Waals surface area contributed by atoms with Crippen molar-refractivity contribution in [1.82, 2.24) is 4.90 Å². The van der Waals surface area contributed by atoms with E-state index in [1.165, 1.54) is 6.08 Å². The first kappa shape index (κ1) is 14.5. The Morgan fingerprint density at radius 1 is 1.40 bits per heavy atom. The van der Waals surface area contributed by atoms with Gasteiger partial charge in [-0.1, -0.05) is 36.4 Å². The number of hydrogen-bond acceptors (Lipinski definition) is 3. The fraction of sp³-hybridized carbons (Fsp3) is 0.375. The molecule has 1 saturated heterocycles. The number of nitrogens with two attached hydrogens (primary N) is 1. The Hall–Kier alpha value is -1.94. The molecule has 1 aliphatic rings. The van der Waals surface area contributed by atoms with Crippen LogP contribution in [0.25, 0.3) is 0 Å². The molecule has 0 spiro atoms. The monoisotopic (exact) mass is 272 g/mol. The van der Waals surface area contributed by atoms with Crippen molar-refractivity contribution in [2.75, 3.05) is 6.54 Å². The maximum atomic E-state index is 12.0. The van der Waals surface area contributed by atoms with E-state index >= 15 is 0 Å². The minimum Gasteiger partial charge on any atom is -0.329 e. The Kier molecular flexibility index (Phi) is 5.07. The number of hydrogen-bond donors (Lipinski definition) is 1. The van der Waals surface area contributed by atoms with Crippen LogP contribution in [0.4, 0.5) is 0 Å². The number of rotatable bonds is 5. The lowest BCUT2D eigenvalue weighted by atomic mass is 10.1. The average Bonchev–Trinajstić information content (AvgIpc) is 2.94. The number of amides is 1. The maximum absolute atomic E-state index is 12.0. The van der Waals surface area contributed by atoms with Gasteiger partial charge in [-0.3, -0.25) is 4.79 Å². The second-order valence-corrected chi connectivity index (χ2v) is 5.09. The van der Waals surface area contributed by atoms with Gasteiger partial charge >= 0.3 is 0 Å². The summed E-state index contributed by atoms with van der Waals surface area (Å²) in [5, 5.41) is 0. The van der Waals surface area contributed by atoms with Gasteiger partial charge in [-0.15, -0.1) is 0 Å². The highest BCUT2D eigenvalue weighted by Crippen LogP contribution is 2.15. The van der Waals surface area contributed by atoms with Crippen molar-refractivity contribution in [2.45, 2.75) is 31.3 Å². The fourth-order valence-electron chi connectivity index (χ4n) is 2.46. The second-order valence-electron chi connectivity index (χ2n) is 5.09. The summed E-state index contributed by atoms with van der Waals surface area (Å²) in [4.78, 5) is 24.5. The fourth-order valence-corrected chi connectivity index (χ4v) is 2.46. The van der Waals surface area contributed by atoms with Crippen LogP contribution in [0.5, 0.6) is 0 Å². The van der Waals surface area contributed by atoms with Crippen molar-refractivity contribution in [2.24, 2.45) is 5.73 Å². The first-order valence-corrected chi connectivity index (χ1v) is 6.94. The molecule has 0 radical (unpaired) electrons. The molecule has 4 heteroatoms. The first-order chi connectivity index (χ1) is 9.70. The summed E-state index contributed by atoms with van der Waals surface area (Å²) in [6.07, 6.45) is 6.41. The molecular weight excluding hydrogens is 252 g/mol. The molecule has 0 aliphatic carbocycles. The molecule has 1 aromatic carbocycles. The average molecular weight is 272 g/mol. The van der Waals surface area contributed by atoms with Crippen LogP contribution in [-0.4, -0.2) is 35.7 Å². The number of benzene rings is 1. The molecule has 0 unspecified atom stereocenters. The zero-order valence-electron chi connectivity index (χ0n) is 11.4. The van der Waals surface area contributed by atoms with Gasteiger partial charge in [0.05, 0.1) is 6.04 Å². The Bertz CT molecular complexity index is 485. The maximum Gasteiger partial charge on any atom is 0.246 e. The lowest BCUT2D eigenvalue weighted by Gasteiger charge is -2.18. The van der Waals surface area contributed by atoms with Crippen LogP contribution in [0.2, 0.25) is 0 Å². The standard InChI is InChI=1S/C16H20N2O2/c17-14(11-13-5-2-1-3-6-13)8-9-16(20)18-10-4-7-15(18)12-19/h1-3,5-6,8-9,12,14-15H,4,7,10-11,17H2/b9-8+/t14-,15+/m1/s1. The lowest BCUT2D eigenvalue weighted by molar-refractivity contribution is -0.130. The van der Waals surface area contributed by atoms with E-state index in [1.54, 1.807) is 11.0 Å². The van der Waals surface area contributed by atoms with Crippen molar-refractivity contribution < 1.29 is 9.59 Å². The van der Waals surface area contributed by atoms with Crippen molar-refractivity contribution in [1.29, 1.82) is 0 Å². The largest absolute Gasteiger partial charge is 0.329 e. The summed E-state index contributed by atoms with van der Waals surface area (Å²) in [6, 6.07) is 9.46. The summed E-state index contributed by atoms with van der Waals surface area (Å²) in [7, 11) is 0. The lowest BCUT2D eigenvalue weighted by Crippen LogP contribution is -2.35. The van der Waals surface area contributed by atoms with Crippen molar-refractivity contribution in [3.8, 4) is 0 Å². The van der Waals surface area contributed by atoms with Crippen LogP contribution in [0.3, 0.4) is 0 Å². The summed E-state index contributed by atoms with van der Waals surface area (Å²) in [6.45, 7) is 0.653. The van der Waals surface area contributed by atoms with E-state index in [0.29, 0.717) is 13.0 Å². The van der Waals surface area contributed by atoms with E-state index in [9.17, 15) is 9.59 Å². The van der Waals surface area contributed by atoms with Crippen LogP contribution in [0, 0.1) is 0 Å². The summed E-state index contributed by atoms with van der Waals surface area (Å²) >= 11 is 0. The molecule has 0 saturated carbocycles. The van der Waals surface area contributed by atoms with Gasteiger partial charge in [-0.05, 0) is 24.8 Å². The highest BCUT2D eigenvalue weighted by molar-refractivity contribution is 5.90. The van der Waals surface area contributed by atoms with E-state index in [4.69, 9.17) is 5.73 Å². The number of aldehydes is 1. The Balaban J connectivity index is 1.88. The third kappa shape index (κ3) is 3.78. The van der Waals surface area contributed by atoms with Crippen LogP contribution < -0.4 is 5.73 Å². The minimum absolute atomic E-state index is 0.122. The molecule has 1 aliphatic heterocycles. The van der Waals surface area contributed by atoms with E-state index in [-0.39, 0.29) is 18.0 Å². The molecule has 4 nitrogen and oxygen atoms in total. The van der Waals surface area contributed by atoms with Gasteiger partial charge in [-0.2, -0.15) is 0 Å². The molecule has 2 atom stereocenters. The first-order valence-electron chi connectivity index (χ1n) is 6.94. The molecule has 0 aromatic heterocycles. The molecule has 1 aromatic rings.